The highest BCUT2D eigenvalue weighted by Gasteiger charge is 2.33. The Kier molecular flexibility index (Phi) is 3.47. The van der Waals surface area contributed by atoms with Gasteiger partial charge in [-0.1, -0.05) is 0 Å². The number of hydrogen-bond acceptors (Lipinski definition) is 2. The first kappa shape index (κ1) is 14.7. The fraction of sp³-hybridized carbons (Fsp3) is 0.250. The fourth-order valence-corrected chi connectivity index (χ4v) is 2.70. The number of fused-ring (bicyclic) bond motifs is 1. The van der Waals surface area contributed by atoms with Crippen molar-refractivity contribution < 1.29 is 22.3 Å². The van der Waals surface area contributed by atoms with Crippen molar-refractivity contribution in [2.24, 2.45) is 0 Å². The quantitative estimate of drug-likeness (QED) is 0.821. The number of alkyl halides is 3. The molecule has 0 radical (unpaired) electrons. The van der Waals surface area contributed by atoms with Crippen molar-refractivity contribution in [3.63, 3.8) is 0 Å². The smallest absolute Gasteiger partial charge is 0.416 e. The first-order chi connectivity index (χ1) is 10.4. The van der Waals surface area contributed by atoms with Gasteiger partial charge in [0.25, 0.3) is 0 Å². The Labute approximate surface area is 124 Å². The molecule has 3 rings (SSSR count). The van der Waals surface area contributed by atoms with Crippen molar-refractivity contribution in [2.45, 2.75) is 18.6 Å². The minimum absolute atomic E-state index is 0.316. The maximum absolute atomic E-state index is 13.5. The van der Waals surface area contributed by atoms with E-state index >= 15 is 0 Å². The molecule has 22 heavy (non-hydrogen) atoms. The van der Waals surface area contributed by atoms with Gasteiger partial charge >= 0.3 is 6.18 Å². The molecule has 1 heterocycles. The SMILES string of the molecule is COc1ccc(F)cc1C1Cc2cc(C(F)(F)F)ccc2N1. The van der Waals surface area contributed by atoms with Crippen LogP contribution in [0.1, 0.15) is 22.7 Å². The summed E-state index contributed by atoms with van der Waals surface area (Å²) in [5.74, 6) is 0.0901. The standard InChI is InChI=1S/C16H13F4NO/c1-22-15-5-3-11(17)8-12(15)14-7-9-6-10(16(18,19)20)2-4-13(9)21-14/h2-6,8,14,21H,7H2,1H3. The second kappa shape index (κ2) is 5.19. The zero-order valence-corrected chi connectivity index (χ0v) is 11.7. The Bertz CT molecular complexity index is 712. The zero-order valence-electron chi connectivity index (χ0n) is 11.7. The highest BCUT2D eigenvalue weighted by Crippen LogP contribution is 2.40. The fourth-order valence-electron chi connectivity index (χ4n) is 2.70. The number of anilines is 1. The van der Waals surface area contributed by atoms with E-state index in [1.54, 1.807) is 0 Å². The number of ether oxygens (including phenoxy) is 1. The zero-order chi connectivity index (χ0) is 15.9. The van der Waals surface area contributed by atoms with Gasteiger partial charge in [0.15, 0.2) is 0 Å². The van der Waals surface area contributed by atoms with Crippen molar-refractivity contribution in [3.8, 4) is 5.75 Å². The van der Waals surface area contributed by atoms with Gasteiger partial charge in [-0.15, -0.1) is 0 Å². The molecule has 0 aliphatic carbocycles. The van der Waals surface area contributed by atoms with Crippen molar-refractivity contribution in [1.82, 2.24) is 0 Å². The van der Waals surface area contributed by atoms with E-state index in [2.05, 4.69) is 5.32 Å². The Morgan fingerprint density at radius 2 is 1.91 bits per heavy atom. The van der Waals surface area contributed by atoms with Gasteiger partial charge in [-0.3, -0.25) is 0 Å². The molecule has 1 unspecified atom stereocenters. The van der Waals surface area contributed by atoms with Crippen molar-refractivity contribution in [2.75, 3.05) is 12.4 Å². The lowest BCUT2D eigenvalue weighted by atomic mass is 10.0. The van der Waals surface area contributed by atoms with Gasteiger partial charge in [-0.25, -0.2) is 4.39 Å². The van der Waals surface area contributed by atoms with Crippen LogP contribution >= 0.6 is 0 Å². The number of halogens is 4. The minimum atomic E-state index is -4.37. The van der Waals surface area contributed by atoms with E-state index in [-0.39, 0.29) is 6.04 Å². The summed E-state index contributed by atoms with van der Waals surface area (Å²) >= 11 is 0. The minimum Gasteiger partial charge on any atom is -0.496 e. The van der Waals surface area contributed by atoms with Gasteiger partial charge in [0.05, 0.1) is 18.7 Å². The molecule has 2 nitrogen and oxygen atoms in total. The molecule has 0 spiro atoms. The van der Waals surface area contributed by atoms with Gasteiger partial charge < -0.3 is 10.1 Å². The maximum atomic E-state index is 13.5. The van der Waals surface area contributed by atoms with Crippen molar-refractivity contribution in [3.05, 3.63) is 58.9 Å². The van der Waals surface area contributed by atoms with E-state index in [0.29, 0.717) is 29.0 Å². The molecular formula is C16H13F4NO. The number of benzene rings is 2. The molecule has 1 aliphatic rings. The van der Waals surface area contributed by atoms with Crippen LogP contribution in [0.2, 0.25) is 0 Å². The average molecular weight is 311 g/mol. The molecule has 0 aromatic heterocycles. The summed E-state index contributed by atoms with van der Waals surface area (Å²) in [6.45, 7) is 0. The molecule has 2 aromatic carbocycles. The average Bonchev–Trinajstić information content (AvgIpc) is 2.89. The van der Waals surface area contributed by atoms with Gasteiger partial charge in [0.2, 0.25) is 0 Å². The summed E-state index contributed by atoms with van der Waals surface area (Å²) in [4.78, 5) is 0. The third-order valence-corrected chi connectivity index (χ3v) is 3.75. The Morgan fingerprint density at radius 3 is 2.59 bits per heavy atom. The molecule has 2 aromatic rings. The van der Waals surface area contributed by atoms with E-state index in [1.165, 1.54) is 31.4 Å². The third kappa shape index (κ3) is 2.61. The van der Waals surface area contributed by atoms with Crippen LogP contribution < -0.4 is 10.1 Å². The van der Waals surface area contributed by atoms with Crippen LogP contribution in [-0.2, 0) is 12.6 Å². The van der Waals surface area contributed by atoms with Crippen LogP contribution in [0.5, 0.6) is 5.75 Å². The van der Waals surface area contributed by atoms with Crippen LogP contribution in [0.3, 0.4) is 0 Å². The van der Waals surface area contributed by atoms with Gasteiger partial charge in [-0.05, 0) is 48.4 Å². The Hall–Kier alpha value is -2.24. The molecular weight excluding hydrogens is 298 g/mol. The van der Waals surface area contributed by atoms with E-state index in [1.807, 2.05) is 0 Å². The normalized spacial score (nSPS) is 17.0. The summed E-state index contributed by atoms with van der Waals surface area (Å²) in [6, 6.07) is 7.40. The first-order valence-electron chi connectivity index (χ1n) is 6.68. The lowest BCUT2D eigenvalue weighted by molar-refractivity contribution is -0.137. The summed E-state index contributed by atoms with van der Waals surface area (Å²) in [7, 11) is 1.47. The van der Waals surface area contributed by atoms with Crippen LogP contribution in [-0.4, -0.2) is 7.11 Å². The molecule has 0 bridgehead atoms. The molecule has 116 valence electrons. The molecule has 6 heteroatoms. The highest BCUT2D eigenvalue weighted by molar-refractivity contribution is 5.60. The largest absolute Gasteiger partial charge is 0.496 e. The number of nitrogens with one attached hydrogen (secondary N) is 1. The molecule has 0 fully saturated rings. The predicted octanol–water partition coefficient (Wildman–Crippen LogP) is 4.56. The third-order valence-electron chi connectivity index (χ3n) is 3.75. The van der Waals surface area contributed by atoms with Gasteiger partial charge in [-0.2, -0.15) is 13.2 Å². The van der Waals surface area contributed by atoms with Crippen LogP contribution in [0.4, 0.5) is 23.2 Å². The summed E-state index contributed by atoms with van der Waals surface area (Å²) in [5, 5.41) is 3.12. The predicted molar refractivity (Wildman–Crippen MR) is 74.5 cm³/mol. The second-order valence-electron chi connectivity index (χ2n) is 5.16. The van der Waals surface area contributed by atoms with Crippen molar-refractivity contribution in [1.29, 1.82) is 0 Å². The Morgan fingerprint density at radius 1 is 1.14 bits per heavy atom. The molecule has 0 amide bonds. The maximum Gasteiger partial charge on any atom is 0.416 e. The van der Waals surface area contributed by atoms with Gasteiger partial charge in [0, 0.05) is 11.3 Å². The van der Waals surface area contributed by atoms with E-state index < -0.39 is 17.6 Å². The van der Waals surface area contributed by atoms with E-state index in [9.17, 15) is 17.6 Å². The summed E-state index contributed by atoms with van der Waals surface area (Å²) in [5.41, 5.74) is 1.10. The van der Waals surface area contributed by atoms with Crippen LogP contribution in [0, 0.1) is 5.82 Å². The number of rotatable bonds is 2. The van der Waals surface area contributed by atoms with E-state index in [0.717, 1.165) is 12.1 Å². The van der Waals surface area contributed by atoms with Gasteiger partial charge in [0.1, 0.15) is 11.6 Å². The lowest BCUT2D eigenvalue weighted by Crippen LogP contribution is -2.08. The lowest BCUT2D eigenvalue weighted by Gasteiger charge is -2.15. The highest BCUT2D eigenvalue weighted by atomic mass is 19.4. The summed E-state index contributed by atoms with van der Waals surface area (Å²) in [6.07, 6.45) is -4.03. The summed E-state index contributed by atoms with van der Waals surface area (Å²) < 4.78 is 56.9. The van der Waals surface area contributed by atoms with Crippen molar-refractivity contribution >= 4 is 5.69 Å². The van der Waals surface area contributed by atoms with Crippen LogP contribution in [0.15, 0.2) is 36.4 Å². The van der Waals surface area contributed by atoms with Crippen LogP contribution in [0.25, 0.3) is 0 Å². The monoisotopic (exact) mass is 311 g/mol. The molecule has 1 atom stereocenters. The first-order valence-corrected chi connectivity index (χ1v) is 6.68. The topological polar surface area (TPSA) is 21.3 Å². The molecule has 0 saturated carbocycles. The Balaban J connectivity index is 1.93. The molecule has 1 aliphatic heterocycles. The number of hydrogen-bond donors (Lipinski definition) is 1. The van der Waals surface area contributed by atoms with E-state index in [4.69, 9.17) is 4.74 Å². The second-order valence-corrected chi connectivity index (χ2v) is 5.16. The number of methoxy groups -OCH3 is 1. The molecule has 1 N–H and O–H groups in total. The molecule has 0 saturated heterocycles.